The molecule has 6 rings (SSSR count). The Morgan fingerprint density at radius 2 is 1.29 bits per heavy atom. The molecule has 3 aromatic rings. The molecule has 3 aromatic carbocycles. The van der Waals surface area contributed by atoms with Gasteiger partial charge in [-0.3, -0.25) is 9.45 Å². The van der Waals surface area contributed by atoms with Gasteiger partial charge in [0.25, 0.3) is 10.1 Å². The molecular weight excluding hydrogens is 444 g/mol. The van der Waals surface area contributed by atoms with Crippen LogP contribution in [0.3, 0.4) is 0 Å². The van der Waals surface area contributed by atoms with Crippen LogP contribution in [-0.4, -0.2) is 49.3 Å². The summed E-state index contributed by atoms with van der Waals surface area (Å²) in [6.07, 6.45) is 3.35. The smallest absolute Gasteiger partial charge is 0.261 e. The summed E-state index contributed by atoms with van der Waals surface area (Å²) in [7, 11) is -3.67. The molecule has 0 spiro atoms. The van der Waals surface area contributed by atoms with Gasteiger partial charge >= 0.3 is 0 Å². The lowest BCUT2D eigenvalue weighted by atomic mass is 9.70. The molecule has 3 aliphatic heterocycles. The number of nitrogens with zero attached hydrogens (tertiary/aromatic N) is 1. The maximum Gasteiger partial charge on any atom is 0.261 e. The highest BCUT2D eigenvalue weighted by Crippen LogP contribution is 2.42. The van der Waals surface area contributed by atoms with Crippen molar-refractivity contribution >= 4 is 10.1 Å². The molecule has 2 unspecified atom stereocenters. The van der Waals surface area contributed by atoms with Crippen LogP contribution < -0.4 is 5.32 Å². The monoisotopic (exact) mass is 478 g/mol. The third kappa shape index (κ3) is 6.54. The van der Waals surface area contributed by atoms with Gasteiger partial charge < -0.3 is 5.32 Å². The van der Waals surface area contributed by atoms with E-state index >= 15 is 0 Å². The van der Waals surface area contributed by atoms with Crippen molar-refractivity contribution in [3.8, 4) is 0 Å². The minimum Gasteiger partial charge on any atom is -0.308 e. The molecule has 3 aliphatic rings. The summed E-state index contributed by atoms with van der Waals surface area (Å²) in [5, 5.41) is 4.00. The topological polar surface area (TPSA) is 69.6 Å². The summed E-state index contributed by atoms with van der Waals surface area (Å²) < 4.78 is 25.9. The first kappa shape index (κ1) is 24.6. The SMILES string of the molecule is CS(=O)(=O)O.c1ccc(CNC2C3CCN(CC3)C2C(c2ccccc2)c2ccccc2)cc1. The van der Waals surface area contributed by atoms with Crippen molar-refractivity contribution in [2.45, 2.75) is 37.4 Å². The maximum atomic E-state index is 9.19. The maximum absolute atomic E-state index is 9.19. The Kier molecular flexibility index (Phi) is 8.16. The average molecular weight is 479 g/mol. The molecule has 0 aliphatic carbocycles. The quantitative estimate of drug-likeness (QED) is 0.508. The van der Waals surface area contributed by atoms with Crippen molar-refractivity contribution in [1.82, 2.24) is 10.2 Å². The number of hydrogen-bond donors (Lipinski definition) is 2. The summed E-state index contributed by atoms with van der Waals surface area (Å²) in [5.74, 6) is 1.16. The Morgan fingerprint density at radius 1 is 0.853 bits per heavy atom. The lowest BCUT2D eigenvalue weighted by molar-refractivity contribution is 0.00468. The Labute approximate surface area is 203 Å². The van der Waals surface area contributed by atoms with Gasteiger partial charge in [0.05, 0.1) is 6.26 Å². The first-order chi connectivity index (χ1) is 16.4. The first-order valence-electron chi connectivity index (χ1n) is 11.9. The van der Waals surface area contributed by atoms with Gasteiger partial charge in [-0.2, -0.15) is 8.42 Å². The zero-order chi connectivity index (χ0) is 24.0. The van der Waals surface area contributed by atoms with Gasteiger partial charge in [-0.1, -0.05) is 91.0 Å². The summed E-state index contributed by atoms with van der Waals surface area (Å²) in [4.78, 5) is 2.76. The van der Waals surface area contributed by atoms with Crippen LogP contribution >= 0.6 is 0 Å². The molecule has 0 saturated carbocycles. The van der Waals surface area contributed by atoms with E-state index in [1.165, 1.54) is 42.6 Å². The standard InChI is InChI=1S/C27H30N2.CH4O3S/c1-4-10-21(11-5-1)20-28-26-24-16-18-29(19-17-24)27(26)25(22-12-6-2-7-13-22)23-14-8-3-9-15-23;1-5(2,3)4/h1-15,24-28H,16-20H2;1H3,(H,2,3,4). The molecule has 0 radical (unpaired) electrons. The zero-order valence-electron chi connectivity index (χ0n) is 19.6. The van der Waals surface area contributed by atoms with Crippen LogP contribution in [0.25, 0.3) is 0 Å². The number of rotatable bonds is 6. The molecular formula is C28H34N2O3S. The van der Waals surface area contributed by atoms with E-state index in [0.717, 1.165) is 12.5 Å². The molecule has 2 N–H and O–H groups in total. The molecule has 0 amide bonds. The highest BCUT2D eigenvalue weighted by atomic mass is 32.2. The van der Waals surface area contributed by atoms with E-state index in [4.69, 9.17) is 4.55 Å². The predicted molar refractivity (Wildman–Crippen MR) is 137 cm³/mol. The lowest BCUT2D eigenvalue weighted by Crippen LogP contribution is -2.64. The van der Waals surface area contributed by atoms with Crippen LogP contribution in [0.4, 0.5) is 0 Å². The number of hydrogen-bond acceptors (Lipinski definition) is 4. The van der Waals surface area contributed by atoms with Crippen molar-refractivity contribution in [2.75, 3.05) is 19.3 Å². The molecule has 2 bridgehead atoms. The Hall–Kier alpha value is -2.51. The molecule has 2 atom stereocenters. The summed E-state index contributed by atoms with van der Waals surface area (Å²) in [6.45, 7) is 3.41. The molecule has 34 heavy (non-hydrogen) atoms. The van der Waals surface area contributed by atoms with Crippen molar-refractivity contribution < 1.29 is 13.0 Å². The zero-order valence-corrected chi connectivity index (χ0v) is 20.4. The summed E-state index contributed by atoms with van der Waals surface area (Å²) >= 11 is 0. The first-order valence-corrected chi connectivity index (χ1v) is 13.8. The van der Waals surface area contributed by atoms with E-state index in [-0.39, 0.29) is 0 Å². The van der Waals surface area contributed by atoms with Gasteiger partial charge in [0, 0.05) is 24.5 Å². The van der Waals surface area contributed by atoms with Crippen LogP contribution in [-0.2, 0) is 16.7 Å². The second kappa shape index (κ2) is 11.3. The second-order valence-electron chi connectivity index (χ2n) is 9.29. The minimum atomic E-state index is -3.67. The van der Waals surface area contributed by atoms with E-state index in [2.05, 4.69) is 101 Å². The van der Waals surface area contributed by atoms with Crippen LogP contribution in [0.2, 0.25) is 0 Å². The fraction of sp³-hybridized carbons (Fsp3) is 0.357. The normalized spacial score (nSPS) is 23.9. The van der Waals surface area contributed by atoms with Crippen LogP contribution in [0, 0.1) is 5.92 Å². The second-order valence-corrected chi connectivity index (χ2v) is 10.8. The highest BCUT2D eigenvalue weighted by molar-refractivity contribution is 7.85. The highest BCUT2D eigenvalue weighted by Gasteiger charge is 2.46. The molecule has 180 valence electrons. The third-order valence-corrected chi connectivity index (χ3v) is 6.92. The fourth-order valence-electron chi connectivity index (χ4n) is 5.53. The Balaban J connectivity index is 0.000000499. The average Bonchev–Trinajstić information content (AvgIpc) is 2.85. The van der Waals surface area contributed by atoms with Gasteiger partial charge in [0.1, 0.15) is 0 Å². The number of fused-ring (bicyclic) bond motifs is 3. The van der Waals surface area contributed by atoms with Gasteiger partial charge in [-0.15, -0.1) is 0 Å². The number of piperidine rings is 3. The van der Waals surface area contributed by atoms with E-state index in [1.54, 1.807) is 0 Å². The number of nitrogens with one attached hydrogen (secondary N) is 1. The molecule has 3 saturated heterocycles. The van der Waals surface area contributed by atoms with Crippen molar-refractivity contribution in [3.05, 3.63) is 108 Å². The summed E-state index contributed by atoms with van der Waals surface area (Å²) in [5.41, 5.74) is 4.24. The predicted octanol–water partition coefficient (Wildman–Crippen LogP) is 4.58. The molecule has 3 heterocycles. The van der Waals surface area contributed by atoms with Crippen LogP contribution in [0.1, 0.15) is 35.4 Å². The van der Waals surface area contributed by atoms with Crippen molar-refractivity contribution in [2.24, 2.45) is 5.92 Å². The minimum absolute atomic E-state index is 0.397. The molecule has 5 nitrogen and oxygen atoms in total. The van der Waals surface area contributed by atoms with Gasteiger partial charge in [-0.25, -0.2) is 0 Å². The number of benzene rings is 3. The van der Waals surface area contributed by atoms with E-state index < -0.39 is 10.1 Å². The van der Waals surface area contributed by atoms with Gasteiger partial charge in [0.2, 0.25) is 0 Å². The molecule has 6 heteroatoms. The Morgan fingerprint density at radius 3 is 1.76 bits per heavy atom. The van der Waals surface area contributed by atoms with Gasteiger partial charge in [0.15, 0.2) is 0 Å². The fourth-order valence-corrected chi connectivity index (χ4v) is 5.53. The summed E-state index contributed by atoms with van der Waals surface area (Å²) in [6, 6.07) is 34.1. The van der Waals surface area contributed by atoms with Crippen LogP contribution in [0.15, 0.2) is 91.0 Å². The largest absolute Gasteiger partial charge is 0.308 e. The molecule has 3 fully saturated rings. The molecule has 0 aromatic heterocycles. The van der Waals surface area contributed by atoms with Gasteiger partial charge in [-0.05, 0) is 48.5 Å². The van der Waals surface area contributed by atoms with E-state index in [9.17, 15) is 8.42 Å². The van der Waals surface area contributed by atoms with Crippen molar-refractivity contribution in [3.63, 3.8) is 0 Å². The van der Waals surface area contributed by atoms with E-state index in [1.807, 2.05) is 0 Å². The van der Waals surface area contributed by atoms with Crippen LogP contribution in [0.5, 0.6) is 0 Å². The third-order valence-electron chi connectivity index (χ3n) is 6.92. The Bertz CT molecular complexity index is 1070. The van der Waals surface area contributed by atoms with E-state index in [0.29, 0.717) is 24.3 Å². The lowest BCUT2D eigenvalue weighted by Gasteiger charge is -2.54. The van der Waals surface area contributed by atoms with Crippen molar-refractivity contribution in [1.29, 1.82) is 0 Å².